The number of carbonyl (C=O) groups is 1. The number of hydrogen-bond donors (Lipinski definition) is 2. The maximum absolute atomic E-state index is 10.3. The lowest BCUT2D eigenvalue weighted by molar-refractivity contribution is -0.137. The third-order valence-electron chi connectivity index (χ3n) is 1.84. The molecular formula is C9H12O3S. The molecule has 3 nitrogen and oxygen atoms in total. The van der Waals surface area contributed by atoms with Crippen molar-refractivity contribution in [2.45, 2.75) is 25.9 Å². The largest absolute Gasteiger partial charge is 0.481 e. The molecule has 1 heterocycles. The van der Waals surface area contributed by atoms with Crippen molar-refractivity contribution in [1.29, 1.82) is 0 Å². The lowest BCUT2D eigenvalue weighted by Crippen LogP contribution is -2.01. The number of aliphatic hydroxyl groups excluding tert-OH is 1. The first kappa shape index (κ1) is 10.2. The van der Waals surface area contributed by atoms with Gasteiger partial charge in [-0.05, 0) is 30.4 Å². The number of aliphatic carboxylic acids is 1. The Morgan fingerprint density at radius 2 is 2.38 bits per heavy atom. The zero-order chi connectivity index (χ0) is 9.84. The zero-order valence-electron chi connectivity index (χ0n) is 7.36. The van der Waals surface area contributed by atoms with Gasteiger partial charge in [-0.3, -0.25) is 4.79 Å². The first-order chi connectivity index (χ1) is 6.11. The molecule has 0 radical (unpaired) electrons. The molecule has 2 N–H and O–H groups in total. The van der Waals surface area contributed by atoms with E-state index in [2.05, 4.69) is 0 Å². The Kier molecular flexibility index (Phi) is 3.45. The third-order valence-corrected chi connectivity index (χ3v) is 2.96. The van der Waals surface area contributed by atoms with Crippen LogP contribution >= 0.6 is 11.3 Å². The smallest absolute Gasteiger partial charge is 0.303 e. The molecule has 0 aliphatic heterocycles. The molecule has 0 aliphatic rings. The highest BCUT2D eigenvalue weighted by atomic mass is 32.1. The van der Waals surface area contributed by atoms with E-state index in [-0.39, 0.29) is 12.8 Å². The first-order valence-corrected chi connectivity index (χ1v) is 4.93. The van der Waals surface area contributed by atoms with Crippen LogP contribution in [0.3, 0.4) is 0 Å². The summed E-state index contributed by atoms with van der Waals surface area (Å²) in [5, 5.41) is 19.9. The second-order valence-corrected chi connectivity index (χ2v) is 3.86. The second kappa shape index (κ2) is 4.39. The molecule has 0 saturated heterocycles. The van der Waals surface area contributed by atoms with E-state index in [1.54, 1.807) is 0 Å². The molecule has 1 atom stereocenters. The molecule has 1 unspecified atom stereocenters. The SMILES string of the molecule is Cc1ccsc1C(O)CCC(=O)O. The molecule has 0 aromatic carbocycles. The molecular weight excluding hydrogens is 188 g/mol. The summed E-state index contributed by atoms with van der Waals surface area (Å²) in [6, 6.07) is 1.92. The topological polar surface area (TPSA) is 57.5 Å². The maximum atomic E-state index is 10.3. The highest BCUT2D eigenvalue weighted by Crippen LogP contribution is 2.26. The van der Waals surface area contributed by atoms with Crippen molar-refractivity contribution in [3.8, 4) is 0 Å². The van der Waals surface area contributed by atoms with Crippen LogP contribution < -0.4 is 0 Å². The molecule has 1 rings (SSSR count). The number of carboxylic acids is 1. The van der Waals surface area contributed by atoms with Crippen molar-refractivity contribution in [2.75, 3.05) is 0 Å². The van der Waals surface area contributed by atoms with E-state index in [1.165, 1.54) is 11.3 Å². The Hall–Kier alpha value is -0.870. The molecule has 0 saturated carbocycles. The van der Waals surface area contributed by atoms with Gasteiger partial charge in [-0.2, -0.15) is 0 Å². The number of aliphatic hydroxyl groups is 1. The van der Waals surface area contributed by atoms with Gasteiger partial charge in [0.05, 0.1) is 6.10 Å². The van der Waals surface area contributed by atoms with Gasteiger partial charge < -0.3 is 10.2 Å². The normalized spacial score (nSPS) is 12.8. The van der Waals surface area contributed by atoms with Crippen LogP contribution in [-0.4, -0.2) is 16.2 Å². The van der Waals surface area contributed by atoms with Gasteiger partial charge in [-0.25, -0.2) is 0 Å². The van der Waals surface area contributed by atoms with E-state index in [0.717, 1.165) is 10.4 Å². The minimum atomic E-state index is -0.867. The number of carboxylic acid groups (broad SMARTS) is 1. The van der Waals surface area contributed by atoms with Crippen LogP contribution in [0.4, 0.5) is 0 Å². The van der Waals surface area contributed by atoms with E-state index in [0.29, 0.717) is 0 Å². The Balaban J connectivity index is 2.53. The standard InChI is InChI=1S/C9H12O3S/c1-6-4-5-13-9(6)7(10)2-3-8(11)12/h4-5,7,10H,2-3H2,1H3,(H,11,12). The van der Waals surface area contributed by atoms with Crippen molar-refractivity contribution in [3.05, 3.63) is 21.9 Å². The minimum absolute atomic E-state index is 0.0124. The summed E-state index contributed by atoms with van der Waals surface area (Å²) in [4.78, 5) is 11.1. The number of rotatable bonds is 4. The van der Waals surface area contributed by atoms with Crippen molar-refractivity contribution in [3.63, 3.8) is 0 Å². The first-order valence-electron chi connectivity index (χ1n) is 4.05. The fourth-order valence-electron chi connectivity index (χ4n) is 1.12. The molecule has 0 bridgehead atoms. The van der Waals surface area contributed by atoms with E-state index in [9.17, 15) is 9.90 Å². The monoisotopic (exact) mass is 200 g/mol. The average molecular weight is 200 g/mol. The van der Waals surface area contributed by atoms with Crippen molar-refractivity contribution in [1.82, 2.24) is 0 Å². The van der Waals surface area contributed by atoms with E-state index < -0.39 is 12.1 Å². The van der Waals surface area contributed by atoms with Gasteiger partial charge in [0.1, 0.15) is 0 Å². The maximum Gasteiger partial charge on any atom is 0.303 e. The van der Waals surface area contributed by atoms with Gasteiger partial charge in [0.15, 0.2) is 0 Å². The van der Waals surface area contributed by atoms with Gasteiger partial charge in [0, 0.05) is 11.3 Å². The second-order valence-electron chi connectivity index (χ2n) is 2.92. The van der Waals surface area contributed by atoms with Gasteiger partial charge in [-0.15, -0.1) is 11.3 Å². The Morgan fingerprint density at radius 1 is 1.69 bits per heavy atom. The third kappa shape index (κ3) is 2.82. The van der Waals surface area contributed by atoms with Crippen LogP contribution in [0.25, 0.3) is 0 Å². The molecule has 72 valence electrons. The predicted molar refractivity (Wildman–Crippen MR) is 50.9 cm³/mol. The Bertz CT molecular complexity index is 293. The Labute approximate surface area is 80.6 Å². The van der Waals surface area contributed by atoms with E-state index in [1.807, 2.05) is 18.4 Å². The van der Waals surface area contributed by atoms with Crippen LogP contribution in [0, 0.1) is 6.92 Å². The highest BCUT2D eigenvalue weighted by molar-refractivity contribution is 7.10. The van der Waals surface area contributed by atoms with Crippen LogP contribution in [-0.2, 0) is 4.79 Å². The Morgan fingerprint density at radius 3 is 2.85 bits per heavy atom. The predicted octanol–water partition coefficient (Wildman–Crippen LogP) is 1.95. The molecule has 0 spiro atoms. The molecule has 1 aromatic heterocycles. The van der Waals surface area contributed by atoms with E-state index >= 15 is 0 Å². The van der Waals surface area contributed by atoms with Crippen molar-refractivity contribution in [2.24, 2.45) is 0 Å². The summed E-state index contributed by atoms with van der Waals surface area (Å²) in [5.74, 6) is -0.867. The molecule has 1 aromatic rings. The summed E-state index contributed by atoms with van der Waals surface area (Å²) in [6.45, 7) is 1.91. The average Bonchev–Trinajstić information content (AvgIpc) is 2.47. The lowest BCUT2D eigenvalue weighted by atomic mass is 10.1. The van der Waals surface area contributed by atoms with Crippen LogP contribution in [0.5, 0.6) is 0 Å². The van der Waals surface area contributed by atoms with Gasteiger partial charge in [0.2, 0.25) is 0 Å². The molecule has 4 heteroatoms. The summed E-state index contributed by atoms with van der Waals surface area (Å²) >= 11 is 1.47. The fraction of sp³-hybridized carbons (Fsp3) is 0.444. The summed E-state index contributed by atoms with van der Waals surface area (Å²) in [5.41, 5.74) is 1.03. The number of thiophene rings is 1. The minimum Gasteiger partial charge on any atom is -0.481 e. The fourth-order valence-corrected chi connectivity index (χ4v) is 2.06. The van der Waals surface area contributed by atoms with Gasteiger partial charge in [0.25, 0.3) is 0 Å². The summed E-state index contributed by atoms with van der Waals surface area (Å²) in [6.07, 6.45) is -0.328. The lowest BCUT2D eigenvalue weighted by Gasteiger charge is -2.07. The quantitative estimate of drug-likeness (QED) is 0.781. The van der Waals surface area contributed by atoms with Crippen LogP contribution in [0.2, 0.25) is 0 Å². The van der Waals surface area contributed by atoms with Gasteiger partial charge in [-0.1, -0.05) is 0 Å². The van der Waals surface area contributed by atoms with Crippen LogP contribution in [0.15, 0.2) is 11.4 Å². The highest BCUT2D eigenvalue weighted by Gasteiger charge is 2.12. The van der Waals surface area contributed by atoms with Crippen molar-refractivity contribution >= 4 is 17.3 Å². The zero-order valence-corrected chi connectivity index (χ0v) is 8.17. The van der Waals surface area contributed by atoms with Crippen molar-refractivity contribution < 1.29 is 15.0 Å². The molecule has 13 heavy (non-hydrogen) atoms. The van der Waals surface area contributed by atoms with Crippen LogP contribution in [0.1, 0.15) is 29.4 Å². The summed E-state index contributed by atoms with van der Waals surface area (Å²) in [7, 11) is 0. The number of hydrogen-bond acceptors (Lipinski definition) is 3. The molecule has 0 amide bonds. The van der Waals surface area contributed by atoms with Gasteiger partial charge >= 0.3 is 5.97 Å². The molecule has 0 aliphatic carbocycles. The van der Waals surface area contributed by atoms with E-state index in [4.69, 9.17) is 5.11 Å². The summed E-state index contributed by atoms with van der Waals surface area (Å²) < 4.78 is 0. The molecule has 0 fully saturated rings. The number of aryl methyl sites for hydroxylation is 1.